The van der Waals surface area contributed by atoms with Crippen LogP contribution in [0.1, 0.15) is 41.2 Å². The molecule has 1 atom stereocenters. The summed E-state index contributed by atoms with van der Waals surface area (Å²) in [5.41, 5.74) is 4.79. The topological polar surface area (TPSA) is 20.2 Å². The van der Waals surface area contributed by atoms with E-state index in [1.165, 1.54) is 30.4 Å². The molecule has 2 heteroatoms. The zero-order valence-electron chi connectivity index (χ0n) is 10.8. The Hall–Kier alpha value is -1.12. The van der Waals surface area contributed by atoms with E-state index in [0.29, 0.717) is 0 Å². The molecule has 3 rings (SSSR count). The number of aryl methyl sites for hydroxylation is 2. The van der Waals surface area contributed by atoms with E-state index in [1.807, 2.05) is 24.3 Å². The molecule has 0 fully saturated rings. The van der Waals surface area contributed by atoms with Crippen LogP contribution in [0.5, 0.6) is 0 Å². The molecule has 98 valence electrons. The van der Waals surface area contributed by atoms with E-state index in [9.17, 15) is 5.11 Å². The van der Waals surface area contributed by atoms with Crippen molar-refractivity contribution in [1.82, 2.24) is 0 Å². The summed E-state index contributed by atoms with van der Waals surface area (Å²) in [7, 11) is 0. The zero-order valence-corrected chi connectivity index (χ0v) is 12.4. The van der Waals surface area contributed by atoms with Crippen LogP contribution in [0.2, 0.25) is 0 Å². The van der Waals surface area contributed by atoms with Gasteiger partial charge in [-0.2, -0.15) is 0 Å². The summed E-state index contributed by atoms with van der Waals surface area (Å²) in [6.07, 6.45) is 4.33. The van der Waals surface area contributed by atoms with Gasteiger partial charge in [0.25, 0.3) is 0 Å². The summed E-state index contributed by atoms with van der Waals surface area (Å²) in [6.45, 7) is 0. The average Bonchev–Trinajstić information content (AvgIpc) is 2.46. The minimum atomic E-state index is -0.553. The van der Waals surface area contributed by atoms with Crippen molar-refractivity contribution in [2.45, 2.75) is 31.8 Å². The maximum absolute atomic E-state index is 10.5. The van der Waals surface area contributed by atoms with Crippen LogP contribution in [0.3, 0.4) is 0 Å². The molecule has 0 amide bonds. The third kappa shape index (κ3) is 2.60. The number of hydrogen-bond donors (Lipinski definition) is 1. The molecular weight excluding hydrogens is 300 g/mol. The standard InChI is InChI=1S/C17H17BrO/c18-16-8-4-3-7-15(16)17(19)14-10-9-12-5-1-2-6-13(12)11-14/h3-4,7-11,17,19H,1-2,5-6H2. The number of aliphatic hydroxyl groups excluding tert-OH is 1. The Labute approximate surface area is 122 Å². The summed E-state index contributed by atoms with van der Waals surface area (Å²) >= 11 is 3.51. The summed E-state index contributed by atoms with van der Waals surface area (Å²) in [5.74, 6) is 0. The number of aliphatic hydroxyl groups is 1. The van der Waals surface area contributed by atoms with Crippen molar-refractivity contribution in [2.24, 2.45) is 0 Å². The van der Waals surface area contributed by atoms with Gasteiger partial charge in [0.2, 0.25) is 0 Å². The number of halogens is 1. The first kappa shape index (κ1) is 12.9. The highest BCUT2D eigenvalue weighted by atomic mass is 79.9. The van der Waals surface area contributed by atoms with Crippen molar-refractivity contribution in [3.05, 3.63) is 69.2 Å². The van der Waals surface area contributed by atoms with Crippen LogP contribution < -0.4 is 0 Å². The third-order valence-corrected chi connectivity index (χ3v) is 4.61. The fraction of sp³-hybridized carbons (Fsp3) is 0.294. The van der Waals surface area contributed by atoms with E-state index < -0.39 is 6.10 Å². The first-order valence-corrected chi connectivity index (χ1v) is 7.59. The lowest BCUT2D eigenvalue weighted by atomic mass is 9.88. The second kappa shape index (κ2) is 5.48. The number of benzene rings is 2. The molecule has 1 N–H and O–H groups in total. The van der Waals surface area contributed by atoms with Gasteiger partial charge in [-0.1, -0.05) is 52.3 Å². The van der Waals surface area contributed by atoms with E-state index in [2.05, 4.69) is 34.1 Å². The Morgan fingerprint density at radius 3 is 2.47 bits per heavy atom. The molecule has 0 saturated carbocycles. The molecular formula is C17H17BrO. The fourth-order valence-electron chi connectivity index (χ4n) is 2.80. The molecule has 0 radical (unpaired) electrons. The Bertz CT molecular complexity index is 592. The first-order valence-electron chi connectivity index (χ1n) is 6.80. The second-order valence-corrected chi connectivity index (χ2v) is 6.01. The van der Waals surface area contributed by atoms with Crippen molar-refractivity contribution in [2.75, 3.05) is 0 Å². The van der Waals surface area contributed by atoms with Crippen LogP contribution in [0, 0.1) is 0 Å². The molecule has 0 bridgehead atoms. The van der Waals surface area contributed by atoms with Crippen molar-refractivity contribution in [1.29, 1.82) is 0 Å². The molecule has 0 saturated heterocycles. The van der Waals surface area contributed by atoms with Crippen molar-refractivity contribution in [3.63, 3.8) is 0 Å². The van der Waals surface area contributed by atoms with E-state index in [-0.39, 0.29) is 0 Å². The van der Waals surface area contributed by atoms with Crippen LogP contribution in [0.15, 0.2) is 46.9 Å². The normalized spacial score (nSPS) is 15.9. The van der Waals surface area contributed by atoms with Gasteiger partial charge in [-0.3, -0.25) is 0 Å². The second-order valence-electron chi connectivity index (χ2n) is 5.16. The predicted molar refractivity (Wildman–Crippen MR) is 81.3 cm³/mol. The van der Waals surface area contributed by atoms with Crippen molar-refractivity contribution < 1.29 is 5.11 Å². The molecule has 2 aromatic rings. The smallest absolute Gasteiger partial charge is 0.105 e. The number of fused-ring (bicyclic) bond motifs is 1. The lowest BCUT2D eigenvalue weighted by Gasteiger charge is -2.19. The lowest BCUT2D eigenvalue weighted by molar-refractivity contribution is 0.219. The molecule has 19 heavy (non-hydrogen) atoms. The lowest BCUT2D eigenvalue weighted by Crippen LogP contribution is -2.06. The minimum absolute atomic E-state index is 0.553. The largest absolute Gasteiger partial charge is 0.384 e. The number of rotatable bonds is 2. The summed E-state index contributed by atoms with van der Waals surface area (Å²) in [6, 6.07) is 14.3. The minimum Gasteiger partial charge on any atom is -0.384 e. The number of hydrogen-bond acceptors (Lipinski definition) is 1. The van der Waals surface area contributed by atoms with Crippen LogP contribution >= 0.6 is 15.9 Å². The predicted octanol–water partition coefficient (Wildman–Crippen LogP) is 4.41. The van der Waals surface area contributed by atoms with Gasteiger partial charge in [-0.05, 0) is 54.0 Å². The highest BCUT2D eigenvalue weighted by Crippen LogP contribution is 2.31. The van der Waals surface area contributed by atoms with Crippen LogP contribution in [-0.2, 0) is 12.8 Å². The molecule has 2 aromatic carbocycles. The van der Waals surface area contributed by atoms with Crippen LogP contribution in [0.4, 0.5) is 0 Å². The highest BCUT2D eigenvalue weighted by Gasteiger charge is 2.16. The Morgan fingerprint density at radius 2 is 1.68 bits per heavy atom. The first-order chi connectivity index (χ1) is 9.25. The van der Waals surface area contributed by atoms with Crippen molar-refractivity contribution in [3.8, 4) is 0 Å². The van der Waals surface area contributed by atoms with E-state index in [0.717, 1.165) is 22.0 Å². The fourth-order valence-corrected chi connectivity index (χ4v) is 3.30. The zero-order chi connectivity index (χ0) is 13.2. The van der Waals surface area contributed by atoms with Gasteiger partial charge in [0.15, 0.2) is 0 Å². The van der Waals surface area contributed by atoms with Gasteiger partial charge < -0.3 is 5.11 Å². The molecule has 0 aliphatic heterocycles. The highest BCUT2D eigenvalue weighted by molar-refractivity contribution is 9.10. The third-order valence-electron chi connectivity index (χ3n) is 3.89. The Morgan fingerprint density at radius 1 is 0.947 bits per heavy atom. The maximum Gasteiger partial charge on any atom is 0.105 e. The summed E-state index contributed by atoms with van der Waals surface area (Å²) in [4.78, 5) is 0. The van der Waals surface area contributed by atoms with E-state index in [4.69, 9.17) is 0 Å². The molecule has 1 nitrogen and oxygen atoms in total. The van der Waals surface area contributed by atoms with Crippen LogP contribution in [0.25, 0.3) is 0 Å². The van der Waals surface area contributed by atoms with E-state index in [1.54, 1.807) is 0 Å². The molecule has 0 aromatic heterocycles. The molecule has 1 aliphatic carbocycles. The monoisotopic (exact) mass is 316 g/mol. The van der Waals surface area contributed by atoms with Gasteiger partial charge in [-0.15, -0.1) is 0 Å². The van der Waals surface area contributed by atoms with Crippen LogP contribution in [-0.4, -0.2) is 5.11 Å². The summed E-state index contributed by atoms with van der Waals surface area (Å²) in [5, 5.41) is 10.5. The Balaban J connectivity index is 1.96. The molecule has 0 spiro atoms. The van der Waals surface area contributed by atoms with Crippen molar-refractivity contribution >= 4 is 15.9 Å². The SMILES string of the molecule is OC(c1ccc2c(c1)CCCC2)c1ccccc1Br. The molecule has 0 heterocycles. The maximum atomic E-state index is 10.5. The molecule has 1 unspecified atom stereocenters. The van der Waals surface area contributed by atoms with Gasteiger partial charge in [0, 0.05) is 4.47 Å². The quantitative estimate of drug-likeness (QED) is 0.870. The van der Waals surface area contributed by atoms with Gasteiger partial charge >= 0.3 is 0 Å². The van der Waals surface area contributed by atoms with Gasteiger partial charge in [-0.25, -0.2) is 0 Å². The van der Waals surface area contributed by atoms with Gasteiger partial charge in [0.05, 0.1) is 0 Å². The molecule has 1 aliphatic rings. The Kier molecular flexibility index (Phi) is 3.72. The van der Waals surface area contributed by atoms with E-state index >= 15 is 0 Å². The van der Waals surface area contributed by atoms with Gasteiger partial charge in [0.1, 0.15) is 6.10 Å². The average molecular weight is 317 g/mol. The summed E-state index contributed by atoms with van der Waals surface area (Å²) < 4.78 is 0.959.